The summed E-state index contributed by atoms with van der Waals surface area (Å²) < 4.78 is 17.3. The van der Waals surface area contributed by atoms with Crippen molar-refractivity contribution in [2.24, 2.45) is 0 Å². The zero-order chi connectivity index (χ0) is 27.9. The first-order valence-corrected chi connectivity index (χ1v) is 13.6. The number of nitrogens with zero attached hydrogens (tertiary/aromatic N) is 1. The van der Waals surface area contributed by atoms with Crippen LogP contribution in [0.5, 0.6) is 17.2 Å². The van der Waals surface area contributed by atoms with Crippen LogP contribution >= 0.6 is 0 Å². The average molecular weight is 538 g/mol. The van der Waals surface area contributed by atoms with Gasteiger partial charge in [-0.2, -0.15) is 0 Å². The summed E-state index contributed by atoms with van der Waals surface area (Å²) in [6, 6.07) is 32.9. The Morgan fingerprint density at radius 3 is 2.38 bits per heavy atom. The number of benzene rings is 4. The van der Waals surface area contributed by atoms with E-state index in [-0.39, 0.29) is 18.4 Å². The second kappa shape index (κ2) is 12.7. The van der Waals surface area contributed by atoms with Crippen molar-refractivity contribution in [2.75, 3.05) is 27.4 Å². The van der Waals surface area contributed by atoms with Gasteiger partial charge in [-0.05, 0) is 40.5 Å². The number of carboxylic acid groups (broad SMARTS) is 1. The highest BCUT2D eigenvalue weighted by atomic mass is 16.5. The molecule has 206 valence electrons. The molecule has 1 aliphatic heterocycles. The minimum absolute atomic E-state index is 0.0223. The summed E-state index contributed by atoms with van der Waals surface area (Å²) in [5.41, 5.74) is 5.78. The van der Waals surface area contributed by atoms with Gasteiger partial charge in [0.2, 0.25) is 0 Å². The lowest BCUT2D eigenvalue weighted by molar-refractivity contribution is -0.136. The molecule has 0 saturated carbocycles. The first kappa shape index (κ1) is 27.3. The van der Waals surface area contributed by atoms with E-state index in [9.17, 15) is 4.79 Å². The van der Waals surface area contributed by atoms with Crippen LogP contribution in [0.3, 0.4) is 0 Å². The van der Waals surface area contributed by atoms with Crippen molar-refractivity contribution in [3.05, 3.63) is 125 Å². The van der Waals surface area contributed by atoms with Gasteiger partial charge in [-0.15, -0.1) is 0 Å². The number of hydrogen-bond donors (Lipinski definition) is 1. The molecular formula is C34H35NO5. The van der Waals surface area contributed by atoms with Crippen LogP contribution in [-0.4, -0.2) is 43.3 Å². The zero-order valence-electron chi connectivity index (χ0n) is 23.0. The van der Waals surface area contributed by atoms with Crippen LogP contribution in [-0.2, 0) is 17.8 Å². The lowest BCUT2D eigenvalue weighted by atomic mass is 9.80. The number of fused-ring (bicyclic) bond motifs is 1. The second-order valence-corrected chi connectivity index (χ2v) is 10.1. The van der Waals surface area contributed by atoms with Crippen molar-refractivity contribution in [1.82, 2.24) is 4.90 Å². The fourth-order valence-electron chi connectivity index (χ4n) is 5.68. The number of carboxylic acids is 1. The Bertz CT molecular complexity index is 1440. The first-order valence-electron chi connectivity index (χ1n) is 13.6. The molecule has 5 rings (SSSR count). The monoisotopic (exact) mass is 537 g/mol. The molecule has 0 bridgehead atoms. The third-order valence-corrected chi connectivity index (χ3v) is 7.57. The minimum Gasteiger partial charge on any atom is -0.497 e. The molecule has 6 nitrogen and oxygen atoms in total. The molecule has 0 radical (unpaired) electrons. The smallest absolute Gasteiger partial charge is 0.307 e. The van der Waals surface area contributed by atoms with Gasteiger partial charge in [0, 0.05) is 43.1 Å². The van der Waals surface area contributed by atoms with Gasteiger partial charge in [0.05, 0.1) is 27.2 Å². The summed E-state index contributed by atoms with van der Waals surface area (Å²) in [6.07, 6.45) is 0.756. The van der Waals surface area contributed by atoms with E-state index in [2.05, 4.69) is 65.6 Å². The molecular weight excluding hydrogens is 502 g/mol. The van der Waals surface area contributed by atoms with E-state index < -0.39 is 5.97 Å². The largest absolute Gasteiger partial charge is 0.497 e. The molecule has 1 unspecified atom stereocenters. The van der Waals surface area contributed by atoms with E-state index >= 15 is 0 Å². The molecule has 0 amide bonds. The molecule has 4 aromatic rings. The average Bonchev–Trinajstić information content (AvgIpc) is 2.98. The summed E-state index contributed by atoms with van der Waals surface area (Å²) in [5.74, 6) is 1.65. The third kappa shape index (κ3) is 6.29. The third-order valence-electron chi connectivity index (χ3n) is 7.57. The quantitative estimate of drug-likeness (QED) is 0.236. The van der Waals surface area contributed by atoms with Gasteiger partial charge in [-0.3, -0.25) is 9.69 Å². The van der Waals surface area contributed by atoms with Gasteiger partial charge in [0.15, 0.2) is 0 Å². The molecule has 4 aromatic carbocycles. The van der Waals surface area contributed by atoms with Crippen LogP contribution in [0.4, 0.5) is 0 Å². The van der Waals surface area contributed by atoms with Crippen molar-refractivity contribution < 1.29 is 24.1 Å². The Balaban J connectivity index is 1.44. The molecule has 6 heteroatoms. The Kier molecular flexibility index (Phi) is 8.67. The van der Waals surface area contributed by atoms with E-state index in [1.165, 1.54) is 16.7 Å². The molecule has 0 fully saturated rings. The lowest BCUT2D eigenvalue weighted by Gasteiger charge is -2.42. The van der Waals surface area contributed by atoms with Crippen molar-refractivity contribution in [3.8, 4) is 17.2 Å². The molecule has 0 saturated heterocycles. The number of rotatable bonds is 11. The predicted octanol–water partition coefficient (Wildman–Crippen LogP) is 6.49. The molecule has 0 spiro atoms. The molecule has 1 aliphatic rings. The van der Waals surface area contributed by atoms with Crippen molar-refractivity contribution in [1.29, 1.82) is 0 Å². The van der Waals surface area contributed by atoms with Crippen LogP contribution in [0, 0.1) is 0 Å². The predicted molar refractivity (Wildman–Crippen MR) is 155 cm³/mol. The van der Waals surface area contributed by atoms with Gasteiger partial charge in [0.25, 0.3) is 0 Å². The highest BCUT2D eigenvalue weighted by Gasteiger charge is 2.34. The van der Waals surface area contributed by atoms with Crippen LogP contribution in [0.15, 0.2) is 97.1 Å². The fraction of sp³-hybridized carbons (Fsp3) is 0.265. The van der Waals surface area contributed by atoms with Crippen molar-refractivity contribution >= 4 is 5.97 Å². The van der Waals surface area contributed by atoms with Crippen LogP contribution < -0.4 is 14.2 Å². The Morgan fingerprint density at radius 2 is 1.62 bits per heavy atom. The summed E-state index contributed by atoms with van der Waals surface area (Å²) in [4.78, 5) is 13.7. The topological polar surface area (TPSA) is 68.2 Å². The maximum absolute atomic E-state index is 11.2. The molecule has 0 aromatic heterocycles. The highest BCUT2D eigenvalue weighted by molar-refractivity contribution is 5.70. The molecule has 2 atom stereocenters. The minimum atomic E-state index is -0.853. The summed E-state index contributed by atoms with van der Waals surface area (Å²) >= 11 is 0. The summed E-state index contributed by atoms with van der Waals surface area (Å²) in [7, 11) is 3.36. The van der Waals surface area contributed by atoms with Gasteiger partial charge in [0.1, 0.15) is 17.2 Å². The fourth-order valence-corrected chi connectivity index (χ4v) is 5.68. The molecule has 0 aliphatic carbocycles. The molecule has 1 N–H and O–H groups in total. The highest BCUT2D eigenvalue weighted by Crippen LogP contribution is 2.42. The van der Waals surface area contributed by atoms with E-state index in [0.717, 1.165) is 35.6 Å². The SMILES string of the molecule is COc1ccc(CN2CC(c3ccccc3)c3ccccc3[C@@H]2CCOc2cccc(CC(=O)O)c2)c(OC)c1. The van der Waals surface area contributed by atoms with Gasteiger partial charge < -0.3 is 19.3 Å². The molecule has 40 heavy (non-hydrogen) atoms. The standard InChI is InChI=1S/C34H35NO5/c1-38-27-16-15-26(33(21-27)39-2)22-35-23-31(25-10-4-3-5-11-25)29-13-6-7-14-30(29)32(35)17-18-40-28-12-8-9-24(19-28)20-34(36)37/h3-16,19,21,31-32H,17-18,20,22-23H2,1-2H3,(H,36,37)/t31?,32-/m0/s1. The van der Waals surface area contributed by atoms with Crippen molar-refractivity contribution in [3.63, 3.8) is 0 Å². The van der Waals surface area contributed by atoms with Gasteiger partial charge in [-0.25, -0.2) is 0 Å². The summed E-state index contributed by atoms with van der Waals surface area (Å²) in [6.45, 7) is 2.07. The number of ether oxygens (including phenoxy) is 3. The number of hydrogen-bond acceptors (Lipinski definition) is 5. The van der Waals surface area contributed by atoms with Gasteiger partial charge in [-0.1, -0.05) is 72.8 Å². The maximum atomic E-state index is 11.2. The number of aliphatic carboxylic acids is 1. The zero-order valence-corrected chi connectivity index (χ0v) is 23.0. The second-order valence-electron chi connectivity index (χ2n) is 10.1. The van der Waals surface area contributed by atoms with Crippen LogP contribution in [0.25, 0.3) is 0 Å². The van der Waals surface area contributed by atoms with Crippen LogP contribution in [0.2, 0.25) is 0 Å². The number of carbonyl (C=O) groups is 1. The maximum Gasteiger partial charge on any atom is 0.307 e. The Morgan fingerprint density at radius 1 is 0.850 bits per heavy atom. The lowest BCUT2D eigenvalue weighted by Crippen LogP contribution is -2.38. The van der Waals surface area contributed by atoms with E-state index in [1.54, 1.807) is 14.2 Å². The van der Waals surface area contributed by atoms with E-state index in [0.29, 0.717) is 18.9 Å². The molecule has 1 heterocycles. The Labute approximate surface area is 235 Å². The van der Waals surface area contributed by atoms with Crippen molar-refractivity contribution in [2.45, 2.75) is 31.3 Å². The normalized spacial score (nSPS) is 16.6. The van der Waals surface area contributed by atoms with E-state index in [1.807, 2.05) is 36.4 Å². The Hall–Kier alpha value is -4.29. The van der Waals surface area contributed by atoms with Gasteiger partial charge >= 0.3 is 5.97 Å². The number of methoxy groups -OCH3 is 2. The van der Waals surface area contributed by atoms with Crippen LogP contribution in [0.1, 0.15) is 46.2 Å². The van der Waals surface area contributed by atoms with E-state index in [4.69, 9.17) is 19.3 Å². The summed E-state index contributed by atoms with van der Waals surface area (Å²) in [5, 5.41) is 9.16. The first-order chi connectivity index (χ1) is 19.6.